The van der Waals surface area contributed by atoms with Gasteiger partial charge in [-0.15, -0.1) is 0 Å². The lowest BCUT2D eigenvalue weighted by Gasteiger charge is -2.29. The number of carbonyl (C=O) groups excluding carboxylic acids is 1. The topological polar surface area (TPSA) is 108 Å². The van der Waals surface area contributed by atoms with E-state index in [1.54, 1.807) is 6.08 Å². The highest BCUT2D eigenvalue weighted by molar-refractivity contribution is 7.45. The largest absolute Gasteiger partial charge is 0.756 e. The molecule has 2 N–H and O–H groups in total. The van der Waals surface area contributed by atoms with E-state index in [0.29, 0.717) is 17.4 Å². The number of amides is 1. The van der Waals surface area contributed by atoms with Gasteiger partial charge in [0.15, 0.2) is 0 Å². The average Bonchev–Trinajstić information content (AvgIpc) is 3.70. The van der Waals surface area contributed by atoms with Gasteiger partial charge in [-0.05, 0) is 83.5 Å². The average molecular weight is 1220 g/mol. The summed E-state index contributed by atoms with van der Waals surface area (Å²) in [6.45, 7) is 4.56. The van der Waals surface area contributed by atoms with Crippen LogP contribution in [0.25, 0.3) is 0 Å². The number of nitrogens with zero attached hydrogens (tertiary/aromatic N) is 1. The van der Waals surface area contributed by atoms with Crippen molar-refractivity contribution in [1.29, 1.82) is 0 Å². The highest BCUT2D eigenvalue weighted by atomic mass is 31.2. The van der Waals surface area contributed by atoms with Gasteiger partial charge < -0.3 is 28.8 Å². The van der Waals surface area contributed by atoms with Gasteiger partial charge in [0.25, 0.3) is 7.82 Å². The molecule has 0 aromatic rings. The second-order valence-corrected chi connectivity index (χ2v) is 27.0. The molecule has 0 rings (SSSR count). The number of rotatable bonds is 66. The smallest absolute Gasteiger partial charge is 0.268 e. The van der Waals surface area contributed by atoms with Gasteiger partial charge in [0.1, 0.15) is 13.2 Å². The number of quaternary nitrogens is 1. The normalized spacial score (nSPS) is 14.3. The molecule has 0 heterocycles. The summed E-state index contributed by atoms with van der Waals surface area (Å²) in [7, 11) is 1.25. The number of unbranched alkanes of at least 4 members (excludes halogenated alkanes) is 37. The molecule has 0 saturated carbocycles. The van der Waals surface area contributed by atoms with Gasteiger partial charge in [0, 0.05) is 6.42 Å². The summed E-state index contributed by atoms with van der Waals surface area (Å²) in [6, 6.07) is -0.901. The van der Waals surface area contributed by atoms with Crippen molar-refractivity contribution >= 4 is 13.7 Å². The third-order valence-corrected chi connectivity index (χ3v) is 17.0. The number of allylic oxidation sites excluding steroid dienone is 17. The van der Waals surface area contributed by atoms with Crippen LogP contribution in [-0.2, 0) is 18.4 Å². The summed E-state index contributed by atoms with van der Waals surface area (Å²) >= 11 is 0. The van der Waals surface area contributed by atoms with Gasteiger partial charge >= 0.3 is 0 Å². The van der Waals surface area contributed by atoms with Crippen LogP contribution in [0.4, 0.5) is 0 Å². The summed E-state index contributed by atoms with van der Waals surface area (Å²) < 4.78 is 23.5. The van der Waals surface area contributed by atoms with Crippen molar-refractivity contribution in [2.45, 2.75) is 334 Å². The van der Waals surface area contributed by atoms with Gasteiger partial charge in [-0.3, -0.25) is 9.36 Å². The van der Waals surface area contributed by atoms with E-state index in [-0.39, 0.29) is 19.1 Å². The van der Waals surface area contributed by atoms with Crippen LogP contribution in [-0.4, -0.2) is 68.5 Å². The van der Waals surface area contributed by atoms with Crippen LogP contribution >= 0.6 is 7.82 Å². The van der Waals surface area contributed by atoms with Gasteiger partial charge in [0.05, 0.1) is 39.9 Å². The van der Waals surface area contributed by atoms with Crippen LogP contribution in [0.2, 0.25) is 0 Å². The maximum absolute atomic E-state index is 13.0. The van der Waals surface area contributed by atoms with Crippen LogP contribution in [0.3, 0.4) is 0 Å². The Bertz CT molecular complexity index is 1770. The summed E-state index contributed by atoms with van der Waals surface area (Å²) in [6.07, 6.45) is 97.8. The summed E-state index contributed by atoms with van der Waals surface area (Å²) in [5.41, 5.74) is 0. The number of aliphatic hydroxyl groups excluding tert-OH is 1. The molecule has 498 valence electrons. The van der Waals surface area contributed by atoms with E-state index in [0.717, 1.165) is 103 Å². The van der Waals surface area contributed by atoms with Crippen molar-refractivity contribution in [3.8, 4) is 0 Å². The van der Waals surface area contributed by atoms with Crippen LogP contribution in [0.1, 0.15) is 322 Å². The number of carbonyl (C=O) groups is 1. The van der Waals surface area contributed by atoms with Gasteiger partial charge in [-0.1, -0.05) is 342 Å². The molecular formula is C77H139N2O6P. The lowest BCUT2D eigenvalue weighted by molar-refractivity contribution is -0.870. The van der Waals surface area contributed by atoms with Gasteiger partial charge in [-0.25, -0.2) is 0 Å². The van der Waals surface area contributed by atoms with Crippen LogP contribution in [0, 0.1) is 0 Å². The van der Waals surface area contributed by atoms with E-state index in [9.17, 15) is 19.4 Å². The number of hydrogen-bond acceptors (Lipinski definition) is 6. The molecule has 0 spiro atoms. The third-order valence-electron chi connectivity index (χ3n) is 16.0. The lowest BCUT2D eigenvalue weighted by atomic mass is 10.0. The Balaban J connectivity index is 4.12. The molecule has 0 fully saturated rings. The Morgan fingerprint density at radius 1 is 0.419 bits per heavy atom. The molecular weight excluding hydrogens is 1080 g/mol. The molecule has 0 aromatic carbocycles. The molecule has 0 aromatic heterocycles. The van der Waals surface area contributed by atoms with E-state index >= 15 is 0 Å². The fraction of sp³-hybridized carbons (Fsp3) is 0.753. The SMILES string of the molecule is CC/C=C\C/C=C\C/C=C\C/C=C\C/C=C\C/C=C\C/C=C\C/C=C\CCCCCCCCCCC(=O)NC(COP(=O)([O-])OCC[N+](C)(C)C)C(O)/C=C/CCCCCCCCCCCCCCCCCCCCCCCCCCCCCCC. The molecule has 86 heavy (non-hydrogen) atoms. The number of likely N-dealkylation sites (N-methyl/N-ethyl adjacent to an activating group) is 1. The minimum Gasteiger partial charge on any atom is -0.756 e. The molecule has 0 aliphatic carbocycles. The monoisotopic (exact) mass is 1220 g/mol. The fourth-order valence-electron chi connectivity index (χ4n) is 10.4. The Morgan fingerprint density at radius 2 is 0.709 bits per heavy atom. The fourth-order valence-corrected chi connectivity index (χ4v) is 11.1. The first-order valence-electron chi connectivity index (χ1n) is 36.2. The van der Waals surface area contributed by atoms with Crippen molar-refractivity contribution in [3.63, 3.8) is 0 Å². The molecule has 8 nitrogen and oxygen atoms in total. The van der Waals surface area contributed by atoms with Crippen molar-refractivity contribution in [2.75, 3.05) is 40.9 Å². The van der Waals surface area contributed by atoms with Gasteiger partial charge in [-0.2, -0.15) is 0 Å². The summed E-state index contributed by atoms with van der Waals surface area (Å²) in [5.74, 6) is -0.206. The first-order valence-corrected chi connectivity index (χ1v) is 37.7. The zero-order valence-electron chi connectivity index (χ0n) is 57.0. The van der Waals surface area contributed by atoms with Crippen molar-refractivity contribution in [1.82, 2.24) is 5.32 Å². The maximum Gasteiger partial charge on any atom is 0.268 e. The first kappa shape index (κ1) is 83.2. The summed E-state index contributed by atoms with van der Waals surface area (Å²) in [4.78, 5) is 25.7. The molecule has 9 heteroatoms. The van der Waals surface area contributed by atoms with E-state index in [1.807, 2.05) is 27.2 Å². The second kappa shape index (κ2) is 66.6. The van der Waals surface area contributed by atoms with Crippen molar-refractivity contribution in [3.05, 3.63) is 109 Å². The zero-order chi connectivity index (χ0) is 62.6. The third kappa shape index (κ3) is 68.6. The molecule has 0 aliphatic rings. The second-order valence-electron chi connectivity index (χ2n) is 25.6. The minimum absolute atomic E-state index is 0.00741. The number of phosphoric ester groups is 1. The molecule has 0 aliphatic heterocycles. The standard InChI is InChI=1S/C77H139N2O6P/c1-6-8-10-12-14-16-18-20-22-24-26-28-30-32-34-36-38-39-41-43-45-47-49-51-53-55-57-59-61-63-65-67-69-71-77(81)78-75(74-85-86(82,83)84-73-72-79(3,4)5)76(80)70-68-66-64-62-60-58-56-54-52-50-48-46-44-42-40-37-35-33-31-29-27-25-23-21-19-17-15-13-11-9-7-2/h8,10,14,16,20,22,26,28,32,34,38-39,43,45,49,51,68,70,75-76,80H,6-7,9,11-13,15,17-19,21,23-25,27,29-31,33,35-37,40-42,44,46-48,50,52-67,69,71-74H2,1-5H3,(H-,78,81,82,83)/b10-8-,16-14-,22-20-,28-26-,34-32-,39-38-,45-43-,51-49-,70-68+. The van der Waals surface area contributed by atoms with Crippen LogP contribution in [0.15, 0.2) is 109 Å². The Hall–Kier alpha value is -2.84. The number of aliphatic hydroxyl groups is 1. The molecule has 0 radical (unpaired) electrons. The van der Waals surface area contributed by atoms with E-state index < -0.39 is 20.0 Å². The van der Waals surface area contributed by atoms with E-state index in [1.165, 1.54) is 199 Å². The van der Waals surface area contributed by atoms with Crippen molar-refractivity contribution in [2.24, 2.45) is 0 Å². The van der Waals surface area contributed by atoms with E-state index in [4.69, 9.17) is 9.05 Å². The molecule has 1 amide bonds. The number of nitrogens with one attached hydrogen (secondary N) is 1. The predicted molar refractivity (Wildman–Crippen MR) is 376 cm³/mol. The molecule has 0 bridgehead atoms. The van der Waals surface area contributed by atoms with Crippen LogP contribution < -0.4 is 10.2 Å². The zero-order valence-corrected chi connectivity index (χ0v) is 57.9. The quantitative estimate of drug-likeness (QED) is 0.0272. The molecule has 3 unspecified atom stereocenters. The summed E-state index contributed by atoms with van der Waals surface area (Å²) in [5, 5.41) is 14.0. The minimum atomic E-state index is -4.62. The van der Waals surface area contributed by atoms with Gasteiger partial charge in [0.2, 0.25) is 5.91 Å². The maximum atomic E-state index is 13.0. The molecule has 0 saturated heterocycles. The van der Waals surface area contributed by atoms with E-state index in [2.05, 4.69) is 116 Å². The first-order chi connectivity index (χ1) is 42.0. The highest BCUT2D eigenvalue weighted by Crippen LogP contribution is 2.38. The Kier molecular flexibility index (Phi) is 64.4. The number of hydrogen-bond donors (Lipinski definition) is 2. The number of phosphoric acid groups is 1. The highest BCUT2D eigenvalue weighted by Gasteiger charge is 2.23. The Labute approximate surface area is 533 Å². The lowest BCUT2D eigenvalue weighted by Crippen LogP contribution is -2.45. The molecule has 3 atom stereocenters. The Morgan fingerprint density at radius 3 is 1.03 bits per heavy atom. The van der Waals surface area contributed by atoms with Crippen LogP contribution in [0.5, 0.6) is 0 Å². The predicted octanol–water partition coefficient (Wildman–Crippen LogP) is 22.8. The van der Waals surface area contributed by atoms with Crippen molar-refractivity contribution < 1.29 is 32.9 Å².